The molecule has 78 valence electrons. The van der Waals surface area contributed by atoms with E-state index in [2.05, 4.69) is 10.3 Å². The zero-order valence-corrected chi connectivity index (χ0v) is 7.91. The van der Waals surface area contributed by atoms with Crippen molar-refractivity contribution >= 4 is 5.82 Å². The fraction of sp³-hybridized carbons (Fsp3) is 0.111. The molecule has 4 nitrogen and oxygen atoms in total. The zero-order valence-electron chi connectivity index (χ0n) is 7.91. The number of rotatable bonds is 1. The molecule has 0 unspecified atom stereocenters. The molecule has 1 aromatic heterocycles. The number of aromatic nitrogens is 3. The van der Waals surface area contributed by atoms with Gasteiger partial charge in [0.25, 0.3) is 0 Å². The van der Waals surface area contributed by atoms with Crippen LogP contribution in [-0.2, 0) is 0 Å². The number of nitrogens with two attached hydrogens (primary N) is 1. The van der Waals surface area contributed by atoms with Gasteiger partial charge in [-0.1, -0.05) is 5.21 Å². The molecule has 1 heterocycles. The summed E-state index contributed by atoms with van der Waals surface area (Å²) in [6.45, 7) is 1.69. The van der Waals surface area contributed by atoms with Crippen LogP contribution in [0.25, 0.3) is 5.69 Å². The molecular formula is C9H8F2N4. The molecule has 0 spiro atoms. The Kier molecular flexibility index (Phi) is 2.11. The Morgan fingerprint density at radius 3 is 2.53 bits per heavy atom. The summed E-state index contributed by atoms with van der Waals surface area (Å²) in [4.78, 5) is 0. The smallest absolute Gasteiger partial charge is 0.169 e. The average molecular weight is 210 g/mol. The van der Waals surface area contributed by atoms with E-state index in [0.717, 1.165) is 12.1 Å². The lowest BCUT2D eigenvalue weighted by molar-refractivity contribution is 0.507. The molecule has 0 aliphatic carbocycles. The second kappa shape index (κ2) is 3.30. The van der Waals surface area contributed by atoms with Crippen LogP contribution in [0, 0.1) is 18.6 Å². The first-order valence-electron chi connectivity index (χ1n) is 4.23. The molecule has 0 saturated heterocycles. The zero-order chi connectivity index (χ0) is 11.0. The van der Waals surface area contributed by atoms with Gasteiger partial charge in [-0.05, 0) is 19.1 Å². The van der Waals surface area contributed by atoms with Crippen molar-refractivity contribution in [2.45, 2.75) is 6.92 Å². The first-order valence-corrected chi connectivity index (χ1v) is 4.23. The minimum absolute atomic E-state index is 0.264. The average Bonchev–Trinajstić information content (AvgIpc) is 2.53. The van der Waals surface area contributed by atoms with Gasteiger partial charge in [0.2, 0.25) is 0 Å². The molecule has 0 atom stereocenters. The summed E-state index contributed by atoms with van der Waals surface area (Å²) < 4.78 is 27.0. The van der Waals surface area contributed by atoms with Gasteiger partial charge in [-0.3, -0.25) is 0 Å². The first-order chi connectivity index (χ1) is 7.09. The van der Waals surface area contributed by atoms with Gasteiger partial charge in [-0.25, -0.2) is 13.5 Å². The largest absolute Gasteiger partial charge is 0.381 e. The van der Waals surface area contributed by atoms with Gasteiger partial charge in [0.15, 0.2) is 17.5 Å². The fourth-order valence-corrected chi connectivity index (χ4v) is 1.20. The van der Waals surface area contributed by atoms with E-state index in [9.17, 15) is 8.78 Å². The minimum Gasteiger partial charge on any atom is -0.381 e. The Labute approximate surface area is 84.3 Å². The van der Waals surface area contributed by atoms with Gasteiger partial charge < -0.3 is 5.73 Å². The molecule has 2 N–H and O–H groups in total. The lowest BCUT2D eigenvalue weighted by atomic mass is 10.3. The number of anilines is 1. The van der Waals surface area contributed by atoms with Crippen molar-refractivity contribution in [2.24, 2.45) is 0 Å². The highest BCUT2D eigenvalue weighted by Gasteiger charge is 2.09. The van der Waals surface area contributed by atoms with E-state index in [4.69, 9.17) is 5.73 Å². The predicted molar refractivity (Wildman–Crippen MR) is 50.4 cm³/mol. The highest BCUT2D eigenvalue weighted by Crippen LogP contribution is 2.15. The van der Waals surface area contributed by atoms with E-state index in [1.165, 1.54) is 10.7 Å². The Morgan fingerprint density at radius 2 is 2.00 bits per heavy atom. The maximum Gasteiger partial charge on any atom is 0.169 e. The van der Waals surface area contributed by atoms with Crippen LogP contribution >= 0.6 is 0 Å². The van der Waals surface area contributed by atoms with E-state index < -0.39 is 11.6 Å². The van der Waals surface area contributed by atoms with E-state index in [0.29, 0.717) is 11.4 Å². The lowest BCUT2D eigenvalue weighted by Gasteiger charge is -2.03. The highest BCUT2D eigenvalue weighted by atomic mass is 19.2. The van der Waals surface area contributed by atoms with Crippen molar-refractivity contribution in [1.29, 1.82) is 0 Å². The molecule has 0 amide bonds. The Hall–Kier alpha value is -1.98. The van der Waals surface area contributed by atoms with Crippen LogP contribution in [0.2, 0.25) is 0 Å². The third kappa shape index (κ3) is 1.54. The van der Waals surface area contributed by atoms with Crippen LogP contribution in [0.1, 0.15) is 5.69 Å². The highest BCUT2D eigenvalue weighted by molar-refractivity contribution is 5.40. The quantitative estimate of drug-likeness (QED) is 0.774. The van der Waals surface area contributed by atoms with Crippen LogP contribution < -0.4 is 5.73 Å². The van der Waals surface area contributed by atoms with E-state index >= 15 is 0 Å². The van der Waals surface area contributed by atoms with E-state index in [1.54, 1.807) is 6.92 Å². The number of halogens is 2. The molecule has 0 bridgehead atoms. The molecule has 0 fully saturated rings. The molecule has 0 radical (unpaired) electrons. The van der Waals surface area contributed by atoms with Crippen LogP contribution in [0.15, 0.2) is 18.2 Å². The molecule has 2 aromatic rings. The van der Waals surface area contributed by atoms with Gasteiger partial charge in [-0.2, -0.15) is 0 Å². The first kappa shape index (κ1) is 9.57. The van der Waals surface area contributed by atoms with Crippen LogP contribution in [0.5, 0.6) is 0 Å². The summed E-state index contributed by atoms with van der Waals surface area (Å²) in [5.41, 5.74) is 6.45. The summed E-state index contributed by atoms with van der Waals surface area (Å²) >= 11 is 0. The molecule has 0 aliphatic rings. The van der Waals surface area contributed by atoms with Crippen molar-refractivity contribution in [1.82, 2.24) is 15.0 Å². The van der Waals surface area contributed by atoms with Gasteiger partial charge in [-0.15, -0.1) is 5.10 Å². The summed E-state index contributed by atoms with van der Waals surface area (Å²) in [6, 6.07) is 3.47. The fourth-order valence-electron chi connectivity index (χ4n) is 1.20. The van der Waals surface area contributed by atoms with E-state index in [-0.39, 0.29) is 5.82 Å². The summed E-state index contributed by atoms with van der Waals surface area (Å²) in [7, 11) is 0. The minimum atomic E-state index is -0.930. The van der Waals surface area contributed by atoms with Gasteiger partial charge in [0, 0.05) is 6.07 Å². The summed E-state index contributed by atoms with van der Waals surface area (Å²) in [5.74, 6) is -1.56. The lowest BCUT2D eigenvalue weighted by Crippen LogP contribution is -2.01. The number of benzene rings is 1. The normalized spacial score (nSPS) is 10.6. The maximum absolute atomic E-state index is 12.9. The third-order valence-electron chi connectivity index (χ3n) is 2.08. The van der Waals surface area contributed by atoms with Crippen LogP contribution in [-0.4, -0.2) is 15.0 Å². The molecular weight excluding hydrogens is 202 g/mol. The van der Waals surface area contributed by atoms with Gasteiger partial charge in [0.1, 0.15) is 0 Å². The Balaban J connectivity index is 2.55. The predicted octanol–water partition coefficient (Wildman–Crippen LogP) is 1.44. The topological polar surface area (TPSA) is 56.7 Å². The molecule has 15 heavy (non-hydrogen) atoms. The van der Waals surface area contributed by atoms with Crippen molar-refractivity contribution in [3.05, 3.63) is 35.5 Å². The number of nitrogens with zero attached hydrogens (tertiary/aromatic N) is 3. The molecule has 0 saturated carbocycles. The number of hydrogen-bond acceptors (Lipinski definition) is 3. The second-order valence-electron chi connectivity index (χ2n) is 3.07. The van der Waals surface area contributed by atoms with Crippen molar-refractivity contribution in [2.75, 3.05) is 5.73 Å². The SMILES string of the molecule is Cc1c(N)nnn1-c1ccc(F)c(F)c1. The third-order valence-corrected chi connectivity index (χ3v) is 2.08. The standard InChI is InChI=1S/C9H8F2N4/c1-5-9(12)13-14-15(5)6-2-3-7(10)8(11)4-6/h2-4H,12H2,1H3. The van der Waals surface area contributed by atoms with Crippen LogP contribution in [0.3, 0.4) is 0 Å². The summed E-state index contributed by atoms with van der Waals surface area (Å²) in [6.07, 6.45) is 0. The van der Waals surface area contributed by atoms with Crippen molar-refractivity contribution in [3.63, 3.8) is 0 Å². The molecule has 2 rings (SSSR count). The monoisotopic (exact) mass is 210 g/mol. The number of hydrogen-bond donors (Lipinski definition) is 1. The maximum atomic E-state index is 12.9. The molecule has 0 aliphatic heterocycles. The Bertz CT molecular complexity index is 507. The van der Waals surface area contributed by atoms with E-state index in [1.807, 2.05) is 0 Å². The molecule has 6 heteroatoms. The van der Waals surface area contributed by atoms with Crippen molar-refractivity contribution < 1.29 is 8.78 Å². The molecule has 1 aromatic carbocycles. The van der Waals surface area contributed by atoms with Gasteiger partial charge in [0.05, 0.1) is 11.4 Å². The van der Waals surface area contributed by atoms with Gasteiger partial charge >= 0.3 is 0 Å². The summed E-state index contributed by atoms with van der Waals surface area (Å²) in [5, 5.41) is 7.33. The second-order valence-corrected chi connectivity index (χ2v) is 3.07. The van der Waals surface area contributed by atoms with Crippen molar-refractivity contribution in [3.8, 4) is 5.69 Å². The Morgan fingerprint density at radius 1 is 1.27 bits per heavy atom. The number of nitrogen functional groups attached to an aromatic ring is 1. The van der Waals surface area contributed by atoms with Crippen LogP contribution in [0.4, 0.5) is 14.6 Å².